The molecule has 0 bridgehead atoms. The summed E-state index contributed by atoms with van der Waals surface area (Å²) in [5.41, 5.74) is 0.758. The number of pyridine rings is 1. The molecule has 0 spiro atoms. The summed E-state index contributed by atoms with van der Waals surface area (Å²) in [6, 6.07) is 6.03. The van der Waals surface area contributed by atoms with Gasteiger partial charge >= 0.3 is 0 Å². The molecule has 0 unspecified atom stereocenters. The molecule has 0 saturated heterocycles. The molecule has 0 radical (unpaired) electrons. The van der Waals surface area contributed by atoms with E-state index in [1.54, 1.807) is 18.2 Å². The van der Waals surface area contributed by atoms with Crippen LogP contribution in [0.5, 0.6) is 5.88 Å². The van der Waals surface area contributed by atoms with Crippen LogP contribution in [0.25, 0.3) is 11.3 Å². The zero-order valence-electron chi connectivity index (χ0n) is 8.99. The zero-order valence-corrected chi connectivity index (χ0v) is 10.5. The van der Waals surface area contributed by atoms with Crippen molar-refractivity contribution in [1.82, 2.24) is 4.98 Å². The van der Waals surface area contributed by atoms with Crippen molar-refractivity contribution in [3.8, 4) is 17.1 Å². The Labute approximate surface area is 112 Å². The molecule has 0 atom stereocenters. The predicted octanol–water partition coefficient (Wildman–Crippen LogP) is 3.39. The highest BCUT2D eigenvalue weighted by atomic mass is 35.5. The number of hydrogen-bond donors (Lipinski definition) is 2. The molecule has 0 aliphatic rings. The van der Waals surface area contributed by atoms with Gasteiger partial charge in [0.15, 0.2) is 5.82 Å². The van der Waals surface area contributed by atoms with Crippen LogP contribution < -0.4 is 0 Å². The first-order valence-electron chi connectivity index (χ1n) is 4.97. The Morgan fingerprint density at radius 1 is 1.11 bits per heavy atom. The second-order valence-electron chi connectivity index (χ2n) is 3.62. The van der Waals surface area contributed by atoms with Crippen LogP contribution in [-0.2, 0) is 6.61 Å². The first-order valence-corrected chi connectivity index (χ1v) is 5.72. The van der Waals surface area contributed by atoms with Crippen molar-refractivity contribution >= 4 is 23.2 Å². The van der Waals surface area contributed by atoms with E-state index >= 15 is 0 Å². The van der Waals surface area contributed by atoms with Gasteiger partial charge in [-0.1, -0.05) is 23.2 Å². The number of aromatic nitrogens is 1. The molecule has 2 rings (SSSR count). The lowest BCUT2D eigenvalue weighted by atomic mass is 10.1. The number of aromatic hydroxyl groups is 1. The SMILES string of the molecule is OCc1cc(-c2cc(Cl)cc(Cl)c2)nc(O)c1F. The molecule has 0 saturated carbocycles. The highest BCUT2D eigenvalue weighted by Gasteiger charge is 2.13. The van der Waals surface area contributed by atoms with E-state index in [4.69, 9.17) is 28.3 Å². The minimum absolute atomic E-state index is 0.0476. The lowest BCUT2D eigenvalue weighted by Gasteiger charge is -2.07. The molecular weight excluding hydrogens is 280 g/mol. The second-order valence-corrected chi connectivity index (χ2v) is 4.49. The first kappa shape index (κ1) is 13.1. The van der Waals surface area contributed by atoms with Crippen molar-refractivity contribution in [2.24, 2.45) is 0 Å². The van der Waals surface area contributed by atoms with Crippen LogP contribution in [0.15, 0.2) is 24.3 Å². The molecule has 6 heteroatoms. The molecule has 0 aliphatic carbocycles. The van der Waals surface area contributed by atoms with E-state index in [-0.39, 0.29) is 11.3 Å². The van der Waals surface area contributed by atoms with Gasteiger partial charge in [0.2, 0.25) is 5.88 Å². The summed E-state index contributed by atoms with van der Waals surface area (Å²) in [5.74, 6) is -1.71. The Morgan fingerprint density at radius 2 is 1.72 bits per heavy atom. The number of aliphatic hydroxyl groups excluding tert-OH is 1. The largest absolute Gasteiger partial charge is 0.491 e. The van der Waals surface area contributed by atoms with Crippen LogP contribution in [-0.4, -0.2) is 15.2 Å². The third-order valence-corrected chi connectivity index (χ3v) is 2.78. The van der Waals surface area contributed by atoms with Crippen molar-refractivity contribution in [2.45, 2.75) is 6.61 Å². The highest BCUT2D eigenvalue weighted by Crippen LogP contribution is 2.29. The number of rotatable bonds is 2. The van der Waals surface area contributed by atoms with E-state index in [2.05, 4.69) is 4.98 Å². The predicted molar refractivity (Wildman–Crippen MR) is 67.2 cm³/mol. The fraction of sp³-hybridized carbons (Fsp3) is 0.0833. The standard InChI is InChI=1S/C12H8Cl2FNO2/c13-8-1-6(2-9(14)4-8)10-3-7(5-17)11(15)12(18)16-10/h1-4,17H,5H2,(H,16,18). The number of aliphatic hydroxyl groups is 1. The Kier molecular flexibility index (Phi) is 3.71. The Morgan fingerprint density at radius 3 is 2.28 bits per heavy atom. The maximum atomic E-state index is 13.3. The van der Waals surface area contributed by atoms with Crippen molar-refractivity contribution < 1.29 is 14.6 Å². The van der Waals surface area contributed by atoms with E-state index in [0.29, 0.717) is 15.6 Å². The third-order valence-electron chi connectivity index (χ3n) is 2.34. The van der Waals surface area contributed by atoms with Gasteiger partial charge in [-0.3, -0.25) is 0 Å². The summed E-state index contributed by atoms with van der Waals surface area (Å²) in [5, 5.41) is 19.1. The minimum Gasteiger partial charge on any atom is -0.491 e. The van der Waals surface area contributed by atoms with Gasteiger partial charge in [-0.05, 0) is 24.3 Å². The van der Waals surface area contributed by atoms with Gasteiger partial charge in [0.1, 0.15) is 0 Å². The molecule has 2 N–H and O–H groups in total. The zero-order chi connectivity index (χ0) is 13.3. The number of hydrogen-bond acceptors (Lipinski definition) is 3. The average Bonchev–Trinajstić information content (AvgIpc) is 2.31. The quantitative estimate of drug-likeness (QED) is 0.890. The number of benzene rings is 1. The van der Waals surface area contributed by atoms with Gasteiger partial charge in [-0.15, -0.1) is 0 Å². The van der Waals surface area contributed by atoms with Crippen molar-refractivity contribution in [1.29, 1.82) is 0 Å². The number of nitrogens with zero attached hydrogens (tertiary/aromatic N) is 1. The van der Waals surface area contributed by atoms with E-state index in [1.807, 2.05) is 0 Å². The monoisotopic (exact) mass is 287 g/mol. The molecule has 1 aromatic heterocycles. The Balaban J connectivity index is 2.60. The molecule has 2 aromatic rings. The molecule has 1 aromatic carbocycles. The van der Waals surface area contributed by atoms with Crippen LogP contribution in [0.1, 0.15) is 5.56 Å². The lowest BCUT2D eigenvalue weighted by Crippen LogP contribution is -1.95. The Bertz CT molecular complexity index is 585. The highest BCUT2D eigenvalue weighted by molar-refractivity contribution is 6.35. The fourth-order valence-corrected chi connectivity index (χ4v) is 2.06. The van der Waals surface area contributed by atoms with Crippen molar-refractivity contribution in [3.05, 3.63) is 45.7 Å². The molecule has 18 heavy (non-hydrogen) atoms. The molecule has 3 nitrogen and oxygen atoms in total. The van der Waals surface area contributed by atoms with Gasteiger partial charge in [-0.2, -0.15) is 0 Å². The number of halogens is 3. The first-order chi connectivity index (χ1) is 8.51. The van der Waals surface area contributed by atoms with Crippen LogP contribution in [0, 0.1) is 5.82 Å². The summed E-state index contributed by atoms with van der Waals surface area (Å²) in [4.78, 5) is 3.69. The van der Waals surface area contributed by atoms with Gasteiger partial charge in [0.25, 0.3) is 0 Å². The molecule has 0 fully saturated rings. The van der Waals surface area contributed by atoms with Crippen LogP contribution in [0.4, 0.5) is 4.39 Å². The van der Waals surface area contributed by atoms with Gasteiger partial charge in [-0.25, -0.2) is 9.37 Å². The summed E-state index contributed by atoms with van der Waals surface area (Å²) in [6.07, 6.45) is 0. The van der Waals surface area contributed by atoms with E-state index in [1.165, 1.54) is 6.07 Å². The van der Waals surface area contributed by atoms with Crippen LogP contribution in [0.2, 0.25) is 10.0 Å². The van der Waals surface area contributed by atoms with Gasteiger partial charge in [0.05, 0.1) is 12.3 Å². The molecule has 0 aliphatic heterocycles. The average molecular weight is 288 g/mol. The lowest BCUT2D eigenvalue weighted by molar-refractivity contribution is 0.272. The van der Waals surface area contributed by atoms with E-state index < -0.39 is 18.3 Å². The minimum atomic E-state index is -0.936. The van der Waals surface area contributed by atoms with E-state index in [0.717, 1.165) is 0 Å². The maximum Gasteiger partial charge on any atom is 0.248 e. The van der Waals surface area contributed by atoms with Gasteiger partial charge in [0, 0.05) is 21.2 Å². The van der Waals surface area contributed by atoms with Gasteiger partial charge < -0.3 is 10.2 Å². The topological polar surface area (TPSA) is 53.4 Å². The summed E-state index contributed by atoms with van der Waals surface area (Å²) in [7, 11) is 0. The molecule has 1 heterocycles. The van der Waals surface area contributed by atoms with Crippen LogP contribution in [0.3, 0.4) is 0 Å². The molecular formula is C12H8Cl2FNO2. The van der Waals surface area contributed by atoms with Crippen molar-refractivity contribution in [2.75, 3.05) is 0 Å². The smallest absolute Gasteiger partial charge is 0.248 e. The maximum absolute atomic E-state index is 13.3. The summed E-state index contributed by atoms with van der Waals surface area (Å²) < 4.78 is 13.3. The summed E-state index contributed by atoms with van der Waals surface area (Å²) >= 11 is 11.7. The fourth-order valence-electron chi connectivity index (χ4n) is 1.53. The Hall–Kier alpha value is -1.36. The van der Waals surface area contributed by atoms with Crippen LogP contribution >= 0.6 is 23.2 Å². The normalized spacial score (nSPS) is 10.7. The molecule has 0 amide bonds. The second kappa shape index (κ2) is 5.10. The summed E-state index contributed by atoms with van der Waals surface area (Å²) in [6.45, 7) is -0.538. The van der Waals surface area contributed by atoms with Crippen molar-refractivity contribution in [3.63, 3.8) is 0 Å². The van der Waals surface area contributed by atoms with E-state index in [9.17, 15) is 9.50 Å². The third kappa shape index (κ3) is 2.56. The molecule has 94 valence electrons.